The first-order valence-corrected chi connectivity index (χ1v) is 3.14. The third-order valence-corrected chi connectivity index (χ3v) is 1.07. The third kappa shape index (κ3) is 3.76. The summed E-state index contributed by atoms with van der Waals surface area (Å²) in [7, 11) is 0. The maximum Gasteiger partial charge on any atom is 1.00 e. The molecule has 0 fully saturated rings. The van der Waals surface area contributed by atoms with Gasteiger partial charge in [0.2, 0.25) is 0 Å². The Hall–Kier alpha value is -0.510. The number of hydrogen-bond acceptors (Lipinski definition) is 3. The van der Waals surface area contributed by atoms with E-state index in [-0.39, 0.29) is 35.3 Å². The first-order valence-electron chi connectivity index (χ1n) is 3.14. The Morgan fingerprint density at radius 3 is 2.67 bits per heavy atom. The minimum atomic E-state index is -0.421. The summed E-state index contributed by atoms with van der Waals surface area (Å²) in [6, 6.07) is 5.76. The van der Waals surface area contributed by atoms with E-state index in [9.17, 15) is 9.90 Å². The minimum Gasteiger partial charge on any atom is -0.872 e. The van der Waals surface area contributed by atoms with Crippen molar-refractivity contribution in [3.05, 3.63) is 24.3 Å². The van der Waals surface area contributed by atoms with E-state index in [0.29, 0.717) is 5.75 Å². The Morgan fingerprint density at radius 1 is 1.50 bits per heavy atom. The summed E-state index contributed by atoms with van der Waals surface area (Å²) in [5.74, 6) is -0.288. The molecule has 1 aromatic rings. The van der Waals surface area contributed by atoms with Crippen LogP contribution in [0.5, 0.6) is 11.5 Å². The van der Waals surface area contributed by atoms with Crippen molar-refractivity contribution in [2.45, 2.75) is 6.92 Å². The van der Waals surface area contributed by atoms with E-state index < -0.39 is 5.97 Å². The van der Waals surface area contributed by atoms with Crippen LogP contribution in [-0.2, 0) is 4.79 Å². The molecule has 4 heteroatoms. The Bertz CT molecular complexity index is 273. The van der Waals surface area contributed by atoms with Crippen LogP contribution < -0.4 is 39.4 Å². The quantitative estimate of drug-likeness (QED) is 0.273. The fourth-order valence-electron chi connectivity index (χ4n) is 0.704. The van der Waals surface area contributed by atoms with Gasteiger partial charge >= 0.3 is 35.5 Å². The first-order chi connectivity index (χ1) is 5.18. The van der Waals surface area contributed by atoms with E-state index in [1.807, 2.05) is 0 Å². The average molecular weight is 174 g/mol. The van der Waals surface area contributed by atoms with Gasteiger partial charge in [-0.3, -0.25) is 4.79 Å². The molecular formula is C8H7NaO3. The zero-order valence-electron chi connectivity index (χ0n) is 7.03. The molecule has 0 saturated carbocycles. The van der Waals surface area contributed by atoms with Crippen molar-refractivity contribution in [1.29, 1.82) is 0 Å². The van der Waals surface area contributed by atoms with Crippen LogP contribution in [0.25, 0.3) is 0 Å². The molecule has 0 heterocycles. The van der Waals surface area contributed by atoms with Crippen LogP contribution in [-0.4, -0.2) is 5.97 Å². The Labute approximate surface area is 92.6 Å². The second kappa shape index (κ2) is 5.19. The van der Waals surface area contributed by atoms with Crippen molar-refractivity contribution in [1.82, 2.24) is 0 Å². The number of carbonyl (C=O) groups is 1. The fraction of sp³-hybridized carbons (Fsp3) is 0.125. The van der Waals surface area contributed by atoms with E-state index in [4.69, 9.17) is 0 Å². The van der Waals surface area contributed by atoms with Crippen LogP contribution in [0.2, 0.25) is 0 Å². The standard InChI is InChI=1S/C8H8O3.Na/c1-6(9)11-8-4-2-3-7(10)5-8;/h2-5,10H,1H3;/q;+1/p-1. The van der Waals surface area contributed by atoms with E-state index >= 15 is 0 Å². The van der Waals surface area contributed by atoms with Crippen molar-refractivity contribution in [3.63, 3.8) is 0 Å². The largest absolute Gasteiger partial charge is 1.00 e. The Kier molecular flexibility index (Phi) is 4.97. The number of ether oxygens (including phenoxy) is 1. The molecule has 58 valence electrons. The molecule has 0 aliphatic carbocycles. The maximum absolute atomic E-state index is 10.7. The van der Waals surface area contributed by atoms with Gasteiger partial charge in [-0.1, -0.05) is 12.1 Å². The van der Waals surface area contributed by atoms with Gasteiger partial charge in [0.05, 0.1) is 0 Å². The third-order valence-electron chi connectivity index (χ3n) is 1.07. The van der Waals surface area contributed by atoms with Gasteiger partial charge in [-0.15, -0.1) is 5.75 Å². The number of hydrogen-bond donors (Lipinski definition) is 0. The van der Waals surface area contributed by atoms with E-state index in [1.54, 1.807) is 12.1 Å². The Balaban J connectivity index is 0.00000121. The van der Waals surface area contributed by atoms with E-state index in [2.05, 4.69) is 4.74 Å². The van der Waals surface area contributed by atoms with Crippen molar-refractivity contribution >= 4 is 5.97 Å². The molecule has 0 amide bonds. The van der Waals surface area contributed by atoms with Gasteiger partial charge < -0.3 is 9.84 Å². The number of carbonyl (C=O) groups excluding carboxylic acids is 1. The van der Waals surface area contributed by atoms with Crippen LogP contribution in [0.15, 0.2) is 24.3 Å². The zero-order valence-corrected chi connectivity index (χ0v) is 9.03. The van der Waals surface area contributed by atoms with Gasteiger partial charge in [0.1, 0.15) is 5.75 Å². The monoisotopic (exact) mass is 174 g/mol. The topological polar surface area (TPSA) is 49.4 Å². The van der Waals surface area contributed by atoms with Crippen molar-refractivity contribution in [2.24, 2.45) is 0 Å². The predicted molar refractivity (Wildman–Crippen MR) is 37.2 cm³/mol. The van der Waals surface area contributed by atoms with Gasteiger partial charge in [0.15, 0.2) is 0 Å². The molecule has 0 radical (unpaired) electrons. The van der Waals surface area contributed by atoms with Gasteiger partial charge in [0.25, 0.3) is 0 Å². The van der Waals surface area contributed by atoms with Crippen LogP contribution in [0.1, 0.15) is 6.92 Å². The van der Waals surface area contributed by atoms with Crippen LogP contribution in [0.3, 0.4) is 0 Å². The first kappa shape index (κ1) is 11.5. The summed E-state index contributed by atoms with van der Waals surface area (Å²) < 4.78 is 4.66. The number of rotatable bonds is 1. The molecule has 3 nitrogen and oxygen atoms in total. The molecule has 12 heavy (non-hydrogen) atoms. The molecule has 0 atom stereocenters. The SMILES string of the molecule is CC(=O)Oc1cccc([O-])c1.[Na+]. The molecule has 0 spiro atoms. The molecule has 0 aromatic heterocycles. The molecule has 1 rings (SSSR count). The summed E-state index contributed by atoms with van der Waals surface area (Å²) in [5, 5.41) is 10.7. The summed E-state index contributed by atoms with van der Waals surface area (Å²) in [5.41, 5.74) is 0. The predicted octanol–water partition coefficient (Wildman–Crippen LogP) is -2.31. The number of benzene rings is 1. The number of esters is 1. The zero-order chi connectivity index (χ0) is 8.27. The molecule has 0 saturated heterocycles. The molecule has 0 aliphatic heterocycles. The smallest absolute Gasteiger partial charge is 0.872 e. The van der Waals surface area contributed by atoms with Crippen molar-refractivity contribution < 1.29 is 44.2 Å². The van der Waals surface area contributed by atoms with E-state index in [1.165, 1.54) is 19.1 Å². The van der Waals surface area contributed by atoms with Gasteiger partial charge in [-0.2, -0.15) is 0 Å². The van der Waals surface area contributed by atoms with Crippen LogP contribution >= 0.6 is 0 Å². The molecular weight excluding hydrogens is 167 g/mol. The molecule has 0 N–H and O–H groups in total. The average Bonchev–Trinajstić information content (AvgIpc) is 1.85. The second-order valence-corrected chi connectivity index (χ2v) is 2.07. The summed E-state index contributed by atoms with van der Waals surface area (Å²) >= 11 is 0. The molecule has 0 aliphatic rings. The van der Waals surface area contributed by atoms with E-state index in [0.717, 1.165) is 0 Å². The summed E-state index contributed by atoms with van der Waals surface area (Å²) in [6.07, 6.45) is 0. The summed E-state index contributed by atoms with van der Waals surface area (Å²) in [4.78, 5) is 10.4. The van der Waals surface area contributed by atoms with Gasteiger partial charge in [-0.05, 0) is 12.1 Å². The van der Waals surface area contributed by atoms with Gasteiger partial charge in [0, 0.05) is 6.92 Å². The summed E-state index contributed by atoms with van der Waals surface area (Å²) in [6.45, 7) is 1.29. The normalized spacial score (nSPS) is 8.42. The van der Waals surface area contributed by atoms with Crippen LogP contribution in [0.4, 0.5) is 0 Å². The fourth-order valence-corrected chi connectivity index (χ4v) is 0.704. The second-order valence-electron chi connectivity index (χ2n) is 2.07. The van der Waals surface area contributed by atoms with Gasteiger partial charge in [-0.25, -0.2) is 0 Å². The Morgan fingerprint density at radius 2 is 2.17 bits per heavy atom. The van der Waals surface area contributed by atoms with Crippen molar-refractivity contribution in [2.75, 3.05) is 0 Å². The molecule has 1 aromatic carbocycles. The minimum absolute atomic E-state index is 0. The molecule has 0 bridgehead atoms. The maximum atomic E-state index is 10.7. The van der Waals surface area contributed by atoms with Crippen LogP contribution in [0, 0.1) is 0 Å². The van der Waals surface area contributed by atoms with Crippen molar-refractivity contribution in [3.8, 4) is 11.5 Å². The molecule has 0 unspecified atom stereocenters.